The third kappa shape index (κ3) is 3.02. The third-order valence-electron chi connectivity index (χ3n) is 2.55. The number of carbonyl (C=O) groups excluding carboxylic acids is 1. The fraction of sp³-hybridized carbons (Fsp3) is 0.455. The molecule has 1 amide bonds. The summed E-state index contributed by atoms with van der Waals surface area (Å²) in [5.41, 5.74) is 1.22. The van der Waals surface area contributed by atoms with E-state index in [0.29, 0.717) is 12.5 Å². The number of hydrogen-bond acceptors (Lipinski definition) is 3. The number of nitrogens with zero attached hydrogens (tertiary/aromatic N) is 1. The van der Waals surface area contributed by atoms with Gasteiger partial charge in [0.1, 0.15) is 0 Å². The summed E-state index contributed by atoms with van der Waals surface area (Å²) in [7, 11) is 0. The van der Waals surface area contributed by atoms with Gasteiger partial charge >= 0.3 is 0 Å². The Kier molecular flexibility index (Phi) is 3.29. The maximum atomic E-state index is 10.9. The molecule has 1 aromatic rings. The minimum atomic E-state index is 0.172. The Bertz CT molecular complexity index is 326. The van der Waals surface area contributed by atoms with E-state index in [1.54, 1.807) is 12.4 Å². The van der Waals surface area contributed by atoms with Gasteiger partial charge in [-0.3, -0.25) is 9.78 Å². The average molecular weight is 205 g/mol. The average Bonchev–Trinajstić information content (AvgIpc) is 2.66. The van der Waals surface area contributed by atoms with Gasteiger partial charge < -0.3 is 10.6 Å². The van der Waals surface area contributed by atoms with E-state index in [-0.39, 0.29) is 5.91 Å². The van der Waals surface area contributed by atoms with Crippen LogP contribution in [0.25, 0.3) is 0 Å². The normalized spacial score (nSPS) is 20.3. The van der Waals surface area contributed by atoms with Crippen molar-refractivity contribution in [3.8, 4) is 0 Å². The van der Waals surface area contributed by atoms with Crippen molar-refractivity contribution in [1.29, 1.82) is 0 Å². The lowest BCUT2D eigenvalue weighted by atomic mass is 10.2. The van der Waals surface area contributed by atoms with Gasteiger partial charge in [0.25, 0.3) is 0 Å². The molecule has 2 heterocycles. The zero-order valence-corrected chi connectivity index (χ0v) is 8.57. The van der Waals surface area contributed by atoms with Crippen LogP contribution in [0.2, 0.25) is 0 Å². The first-order valence-electron chi connectivity index (χ1n) is 5.23. The highest BCUT2D eigenvalue weighted by Crippen LogP contribution is 2.05. The number of amides is 1. The molecule has 1 atom stereocenters. The Morgan fingerprint density at radius 3 is 2.93 bits per heavy atom. The number of nitrogens with one attached hydrogen (secondary N) is 2. The lowest BCUT2D eigenvalue weighted by Gasteiger charge is -2.10. The first-order valence-corrected chi connectivity index (χ1v) is 5.23. The van der Waals surface area contributed by atoms with E-state index in [1.165, 1.54) is 5.56 Å². The first-order chi connectivity index (χ1) is 7.34. The van der Waals surface area contributed by atoms with Gasteiger partial charge in [0.15, 0.2) is 0 Å². The Morgan fingerprint density at radius 2 is 2.27 bits per heavy atom. The van der Waals surface area contributed by atoms with Gasteiger partial charge in [0, 0.05) is 37.9 Å². The quantitative estimate of drug-likeness (QED) is 0.750. The van der Waals surface area contributed by atoms with Crippen molar-refractivity contribution < 1.29 is 4.79 Å². The van der Waals surface area contributed by atoms with Gasteiger partial charge in [-0.1, -0.05) is 0 Å². The van der Waals surface area contributed by atoms with Crippen LogP contribution in [0.4, 0.5) is 0 Å². The standard InChI is InChI=1S/C11H15N3O/c15-11-2-1-10(14-11)8-13-7-9-3-5-12-6-4-9/h3-6,10,13H,1-2,7-8H2,(H,14,15)/t10-/m0/s1. The third-order valence-corrected chi connectivity index (χ3v) is 2.55. The lowest BCUT2D eigenvalue weighted by Crippen LogP contribution is -2.35. The van der Waals surface area contributed by atoms with Crippen molar-refractivity contribution in [2.24, 2.45) is 0 Å². The highest BCUT2D eigenvalue weighted by atomic mass is 16.1. The smallest absolute Gasteiger partial charge is 0.220 e. The molecule has 1 fully saturated rings. The Balaban J connectivity index is 1.69. The zero-order chi connectivity index (χ0) is 10.5. The monoisotopic (exact) mass is 205 g/mol. The fourth-order valence-corrected chi connectivity index (χ4v) is 1.72. The van der Waals surface area contributed by atoms with Gasteiger partial charge in [-0.15, -0.1) is 0 Å². The van der Waals surface area contributed by atoms with E-state index in [1.807, 2.05) is 12.1 Å². The summed E-state index contributed by atoms with van der Waals surface area (Å²) in [5, 5.41) is 6.25. The Hall–Kier alpha value is -1.42. The van der Waals surface area contributed by atoms with Crippen LogP contribution in [-0.2, 0) is 11.3 Å². The molecule has 2 N–H and O–H groups in total. The molecule has 0 unspecified atom stereocenters. The number of carbonyl (C=O) groups is 1. The molecule has 0 aromatic carbocycles. The number of hydrogen-bond donors (Lipinski definition) is 2. The van der Waals surface area contributed by atoms with Crippen molar-refractivity contribution in [1.82, 2.24) is 15.6 Å². The molecule has 0 aliphatic carbocycles. The molecule has 0 spiro atoms. The summed E-state index contributed by atoms with van der Waals surface area (Å²) in [6.45, 7) is 1.67. The highest BCUT2D eigenvalue weighted by molar-refractivity contribution is 5.78. The maximum absolute atomic E-state index is 10.9. The molecular formula is C11H15N3O. The predicted molar refractivity (Wildman–Crippen MR) is 57.1 cm³/mol. The van der Waals surface area contributed by atoms with Crippen LogP contribution in [-0.4, -0.2) is 23.5 Å². The predicted octanol–water partition coefficient (Wildman–Crippen LogP) is 0.450. The summed E-state index contributed by atoms with van der Waals surface area (Å²) in [6, 6.07) is 4.28. The second-order valence-electron chi connectivity index (χ2n) is 3.79. The second-order valence-corrected chi connectivity index (χ2v) is 3.79. The van der Waals surface area contributed by atoms with Crippen molar-refractivity contribution in [3.05, 3.63) is 30.1 Å². The van der Waals surface area contributed by atoms with E-state index in [0.717, 1.165) is 19.5 Å². The molecule has 4 nitrogen and oxygen atoms in total. The molecule has 2 rings (SSSR count). The molecule has 1 aliphatic rings. The largest absolute Gasteiger partial charge is 0.352 e. The van der Waals surface area contributed by atoms with Crippen molar-refractivity contribution >= 4 is 5.91 Å². The van der Waals surface area contributed by atoms with Crippen LogP contribution >= 0.6 is 0 Å². The molecule has 4 heteroatoms. The SMILES string of the molecule is O=C1CC[C@@H](CNCc2ccncc2)N1. The molecule has 0 radical (unpaired) electrons. The highest BCUT2D eigenvalue weighted by Gasteiger charge is 2.19. The molecule has 1 saturated heterocycles. The summed E-state index contributed by atoms with van der Waals surface area (Å²) in [6.07, 6.45) is 5.19. The van der Waals surface area contributed by atoms with Crippen molar-refractivity contribution in [2.45, 2.75) is 25.4 Å². The van der Waals surface area contributed by atoms with Crippen LogP contribution < -0.4 is 10.6 Å². The van der Waals surface area contributed by atoms with Crippen LogP contribution in [0.5, 0.6) is 0 Å². The molecular weight excluding hydrogens is 190 g/mol. The summed E-state index contributed by atoms with van der Waals surface area (Å²) in [4.78, 5) is 14.9. The van der Waals surface area contributed by atoms with Crippen LogP contribution in [0.1, 0.15) is 18.4 Å². The Labute approximate surface area is 89.1 Å². The van der Waals surface area contributed by atoms with Crippen LogP contribution in [0, 0.1) is 0 Å². The molecule has 0 bridgehead atoms. The van der Waals surface area contributed by atoms with Crippen LogP contribution in [0.15, 0.2) is 24.5 Å². The molecule has 80 valence electrons. The fourth-order valence-electron chi connectivity index (χ4n) is 1.72. The van der Waals surface area contributed by atoms with Crippen molar-refractivity contribution in [3.63, 3.8) is 0 Å². The minimum Gasteiger partial charge on any atom is -0.352 e. The van der Waals surface area contributed by atoms with Gasteiger partial charge in [0.2, 0.25) is 5.91 Å². The van der Waals surface area contributed by atoms with Gasteiger partial charge in [-0.25, -0.2) is 0 Å². The van der Waals surface area contributed by atoms with Gasteiger partial charge in [-0.05, 0) is 24.1 Å². The van der Waals surface area contributed by atoms with Gasteiger partial charge in [-0.2, -0.15) is 0 Å². The summed E-state index contributed by atoms with van der Waals surface area (Å²) >= 11 is 0. The first kappa shape index (κ1) is 10.1. The summed E-state index contributed by atoms with van der Waals surface area (Å²) in [5.74, 6) is 0.172. The van der Waals surface area contributed by atoms with E-state index in [2.05, 4.69) is 15.6 Å². The van der Waals surface area contributed by atoms with Crippen molar-refractivity contribution in [2.75, 3.05) is 6.54 Å². The van der Waals surface area contributed by atoms with E-state index < -0.39 is 0 Å². The van der Waals surface area contributed by atoms with Crippen LogP contribution in [0.3, 0.4) is 0 Å². The molecule has 1 aliphatic heterocycles. The zero-order valence-electron chi connectivity index (χ0n) is 8.57. The molecule has 15 heavy (non-hydrogen) atoms. The number of aromatic nitrogens is 1. The van der Waals surface area contributed by atoms with E-state index >= 15 is 0 Å². The molecule has 1 aromatic heterocycles. The van der Waals surface area contributed by atoms with Gasteiger partial charge in [0.05, 0.1) is 0 Å². The number of pyridine rings is 1. The number of rotatable bonds is 4. The van der Waals surface area contributed by atoms with E-state index in [4.69, 9.17) is 0 Å². The van der Waals surface area contributed by atoms with E-state index in [9.17, 15) is 4.79 Å². The lowest BCUT2D eigenvalue weighted by molar-refractivity contribution is -0.119. The second kappa shape index (κ2) is 4.89. The topological polar surface area (TPSA) is 54.0 Å². The minimum absolute atomic E-state index is 0.172. The Morgan fingerprint density at radius 1 is 1.47 bits per heavy atom. The summed E-state index contributed by atoms with van der Waals surface area (Å²) < 4.78 is 0. The maximum Gasteiger partial charge on any atom is 0.220 e. The molecule has 0 saturated carbocycles.